The highest BCUT2D eigenvalue weighted by atomic mass is 79.9. The van der Waals surface area contributed by atoms with Gasteiger partial charge < -0.3 is 4.74 Å². The summed E-state index contributed by atoms with van der Waals surface area (Å²) in [5.74, 6) is 0. The second-order valence-corrected chi connectivity index (χ2v) is 7.02. The van der Waals surface area contributed by atoms with Crippen molar-refractivity contribution in [2.75, 3.05) is 6.61 Å². The van der Waals surface area contributed by atoms with Gasteiger partial charge in [0, 0.05) is 11.5 Å². The first-order chi connectivity index (χ1) is 6.68. The lowest BCUT2D eigenvalue weighted by Crippen LogP contribution is -2.10. The summed E-state index contributed by atoms with van der Waals surface area (Å²) in [6.45, 7) is 0.882. The van der Waals surface area contributed by atoms with E-state index in [1.165, 1.54) is 4.88 Å². The normalized spacial score (nSPS) is 24.1. The van der Waals surface area contributed by atoms with Crippen molar-refractivity contribution in [2.45, 2.75) is 23.8 Å². The number of thiophene rings is 1. The van der Waals surface area contributed by atoms with Crippen LogP contribution >= 0.6 is 54.8 Å². The molecule has 0 saturated carbocycles. The van der Waals surface area contributed by atoms with Crippen LogP contribution in [0.15, 0.2) is 9.85 Å². The molecule has 1 saturated heterocycles. The molecule has 0 aliphatic carbocycles. The largest absolute Gasteiger partial charge is 0.377 e. The average Bonchev–Trinajstić information content (AvgIpc) is 2.76. The third-order valence-electron chi connectivity index (χ3n) is 2.23. The number of halogens is 3. The summed E-state index contributed by atoms with van der Waals surface area (Å²) in [7, 11) is 0. The first-order valence-electron chi connectivity index (χ1n) is 4.39. The Hall–Kier alpha value is 0.910. The second kappa shape index (κ2) is 4.83. The standard InChI is InChI=1S/C9H9Br2ClOS/c10-8(6-2-1-3-13-6)7-4-5(12)9(11)14-7/h4,6,8H,1-3H2. The number of hydrogen-bond donors (Lipinski definition) is 0. The van der Waals surface area contributed by atoms with Crippen LogP contribution in [0, 0.1) is 0 Å². The lowest BCUT2D eigenvalue weighted by molar-refractivity contribution is 0.111. The highest BCUT2D eigenvalue weighted by Gasteiger charge is 2.26. The van der Waals surface area contributed by atoms with Crippen LogP contribution in [0.1, 0.15) is 22.5 Å². The lowest BCUT2D eigenvalue weighted by atomic mass is 10.1. The molecule has 2 unspecified atom stereocenters. The molecule has 0 radical (unpaired) electrons. The second-order valence-electron chi connectivity index (χ2n) is 3.22. The van der Waals surface area contributed by atoms with Gasteiger partial charge in [-0.3, -0.25) is 0 Å². The van der Waals surface area contributed by atoms with Crippen LogP contribution in [-0.4, -0.2) is 12.7 Å². The van der Waals surface area contributed by atoms with Gasteiger partial charge in [0.1, 0.15) is 0 Å². The van der Waals surface area contributed by atoms with Gasteiger partial charge in [-0.25, -0.2) is 0 Å². The van der Waals surface area contributed by atoms with E-state index in [0.29, 0.717) is 6.10 Å². The predicted octanol–water partition coefficient (Wildman–Crippen LogP) is 4.78. The highest BCUT2D eigenvalue weighted by molar-refractivity contribution is 9.11. The molecule has 1 fully saturated rings. The summed E-state index contributed by atoms with van der Waals surface area (Å²) in [5, 5.41) is 0.785. The molecule has 5 heteroatoms. The molecule has 1 nitrogen and oxygen atoms in total. The van der Waals surface area contributed by atoms with Gasteiger partial charge in [0.2, 0.25) is 0 Å². The van der Waals surface area contributed by atoms with E-state index < -0.39 is 0 Å². The zero-order valence-electron chi connectivity index (χ0n) is 7.30. The third kappa shape index (κ3) is 2.35. The predicted molar refractivity (Wildman–Crippen MR) is 67.7 cm³/mol. The van der Waals surface area contributed by atoms with Crippen LogP contribution in [0.25, 0.3) is 0 Å². The maximum Gasteiger partial charge on any atom is 0.0887 e. The molecule has 0 aromatic carbocycles. The first-order valence-corrected chi connectivity index (χ1v) is 7.29. The molecule has 14 heavy (non-hydrogen) atoms. The summed E-state index contributed by atoms with van der Waals surface area (Å²) in [4.78, 5) is 1.51. The lowest BCUT2D eigenvalue weighted by Gasteiger charge is -2.14. The minimum atomic E-state index is 0.277. The van der Waals surface area contributed by atoms with Crippen molar-refractivity contribution in [3.63, 3.8) is 0 Å². The number of hydrogen-bond acceptors (Lipinski definition) is 2. The van der Waals surface area contributed by atoms with E-state index in [1.54, 1.807) is 11.3 Å². The van der Waals surface area contributed by atoms with Crippen LogP contribution < -0.4 is 0 Å². The Balaban J connectivity index is 2.13. The zero-order valence-corrected chi connectivity index (χ0v) is 12.0. The van der Waals surface area contributed by atoms with Crippen molar-refractivity contribution in [3.05, 3.63) is 19.8 Å². The molecule has 78 valence electrons. The molecular weight excluding hydrogens is 351 g/mol. The fourth-order valence-electron chi connectivity index (χ4n) is 1.52. The van der Waals surface area contributed by atoms with Crippen LogP contribution in [-0.2, 0) is 4.74 Å². The Labute approximate surface area is 109 Å². The van der Waals surface area contributed by atoms with E-state index in [0.717, 1.165) is 28.3 Å². The van der Waals surface area contributed by atoms with Crippen LogP contribution in [0.5, 0.6) is 0 Å². The monoisotopic (exact) mass is 358 g/mol. The molecule has 2 atom stereocenters. The SMILES string of the molecule is Clc1cc(C(Br)C2CCCO2)sc1Br. The Morgan fingerprint density at radius 1 is 1.64 bits per heavy atom. The molecule has 2 heterocycles. The van der Waals surface area contributed by atoms with Gasteiger partial charge in [0.15, 0.2) is 0 Å². The first kappa shape index (κ1) is 11.4. The molecule has 2 rings (SSSR count). The van der Waals surface area contributed by atoms with Crippen molar-refractivity contribution >= 4 is 54.8 Å². The van der Waals surface area contributed by atoms with Crippen LogP contribution in [0.3, 0.4) is 0 Å². The van der Waals surface area contributed by atoms with E-state index in [2.05, 4.69) is 31.9 Å². The summed E-state index contributed by atoms with van der Waals surface area (Å²) in [6, 6.07) is 2.00. The van der Waals surface area contributed by atoms with Gasteiger partial charge in [-0.05, 0) is 34.8 Å². The van der Waals surface area contributed by atoms with Gasteiger partial charge in [0.25, 0.3) is 0 Å². The van der Waals surface area contributed by atoms with Crippen LogP contribution in [0.2, 0.25) is 5.02 Å². The molecule has 0 spiro atoms. The quantitative estimate of drug-likeness (QED) is 0.690. The Morgan fingerprint density at radius 2 is 2.43 bits per heavy atom. The molecule has 1 aliphatic rings. The maximum absolute atomic E-state index is 5.98. The van der Waals surface area contributed by atoms with Gasteiger partial charge in [-0.15, -0.1) is 11.3 Å². The summed E-state index contributed by atoms with van der Waals surface area (Å²) < 4.78 is 6.62. The van der Waals surface area contributed by atoms with Gasteiger partial charge in [0.05, 0.1) is 19.7 Å². The fourth-order valence-corrected chi connectivity index (χ4v) is 4.12. The highest BCUT2D eigenvalue weighted by Crippen LogP contribution is 2.42. The Bertz CT molecular complexity index is 303. The van der Waals surface area contributed by atoms with Crippen molar-refractivity contribution in [1.82, 2.24) is 0 Å². The molecule has 1 aliphatic heterocycles. The van der Waals surface area contributed by atoms with E-state index in [1.807, 2.05) is 6.07 Å². The van der Waals surface area contributed by atoms with Crippen molar-refractivity contribution in [2.24, 2.45) is 0 Å². The van der Waals surface area contributed by atoms with Gasteiger partial charge in [-0.1, -0.05) is 27.5 Å². The van der Waals surface area contributed by atoms with E-state index in [4.69, 9.17) is 16.3 Å². The Kier molecular flexibility index (Phi) is 3.93. The molecule has 0 amide bonds. The number of alkyl halides is 1. The van der Waals surface area contributed by atoms with Gasteiger partial charge in [-0.2, -0.15) is 0 Å². The topological polar surface area (TPSA) is 9.23 Å². The fraction of sp³-hybridized carbons (Fsp3) is 0.556. The summed E-state index contributed by atoms with van der Waals surface area (Å²) >= 11 is 14.7. The van der Waals surface area contributed by atoms with E-state index >= 15 is 0 Å². The van der Waals surface area contributed by atoms with Crippen molar-refractivity contribution in [3.8, 4) is 0 Å². The number of ether oxygens (including phenoxy) is 1. The molecule has 1 aromatic rings. The molecular formula is C9H9Br2ClOS. The van der Waals surface area contributed by atoms with E-state index in [-0.39, 0.29) is 4.83 Å². The Morgan fingerprint density at radius 3 is 2.93 bits per heavy atom. The van der Waals surface area contributed by atoms with Crippen molar-refractivity contribution < 1.29 is 4.74 Å². The van der Waals surface area contributed by atoms with Crippen LogP contribution in [0.4, 0.5) is 0 Å². The third-order valence-corrected chi connectivity index (χ3v) is 6.17. The minimum Gasteiger partial charge on any atom is -0.377 e. The molecule has 0 N–H and O–H groups in total. The summed E-state index contributed by atoms with van der Waals surface area (Å²) in [6.07, 6.45) is 2.59. The maximum atomic E-state index is 5.98. The minimum absolute atomic E-state index is 0.277. The zero-order chi connectivity index (χ0) is 10.1. The van der Waals surface area contributed by atoms with Crippen molar-refractivity contribution in [1.29, 1.82) is 0 Å². The smallest absolute Gasteiger partial charge is 0.0887 e. The van der Waals surface area contributed by atoms with E-state index in [9.17, 15) is 0 Å². The molecule has 1 aromatic heterocycles. The van der Waals surface area contributed by atoms with Gasteiger partial charge >= 0.3 is 0 Å². The molecule has 0 bridgehead atoms. The average molecular weight is 360 g/mol. The number of rotatable bonds is 2. The summed E-state index contributed by atoms with van der Waals surface area (Å²) in [5.41, 5.74) is 0.